The molecule has 1 N–H and O–H groups in total. The molecule has 120 valence electrons. The van der Waals surface area contributed by atoms with E-state index in [9.17, 15) is 4.79 Å². The second-order valence-electron chi connectivity index (χ2n) is 5.15. The molecule has 0 spiro atoms. The van der Waals surface area contributed by atoms with Gasteiger partial charge < -0.3 is 0 Å². The van der Waals surface area contributed by atoms with Crippen LogP contribution in [0, 0.1) is 0 Å². The molecular formula is C18H15ClN4O. The molecule has 6 heteroatoms. The molecule has 0 unspecified atom stereocenters. The predicted molar refractivity (Wildman–Crippen MR) is 94.3 cm³/mol. The van der Waals surface area contributed by atoms with Crippen LogP contribution in [0.15, 0.2) is 72.1 Å². The number of halogens is 1. The molecule has 1 amide bonds. The van der Waals surface area contributed by atoms with E-state index in [1.165, 1.54) is 0 Å². The standard InChI is InChI=1S/C18H15ClN4O/c19-17-7-5-14(6-8-17)12-20-22-18(24)16-4-1-3-15(11-16)13-23-10-2-9-21-23/h1-12H,13H2,(H,22,24). The van der Waals surface area contributed by atoms with Gasteiger partial charge in [0.2, 0.25) is 0 Å². The summed E-state index contributed by atoms with van der Waals surface area (Å²) in [6.07, 6.45) is 5.17. The lowest BCUT2D eigenvalue weighted by Crippen LogP contribution is -2.18. The summed E-state index contributed by atoms with van der Waals surface area (Å²) in [5.41, 5.74) is 4.92. The SMILES string of the molecule is O=C(NN=Cc1ccc(Cl)cc1)c1cccc(Cn2cccn2)c1. The average Bonchev–Trinajstić information content (AvgIpc) is 3.10. The van der Waals surface area contributed by atoms with Crippen LogP contribution in [-0.2, 0) is 6.54 Å². The van der Waals surface area contributed by atoms with Gasteiger partial charge in [0.25, 0.3) is 5.91 Å². The van der Waals surface area contributed by atoms with Gasteiger partial charge in [-0.1, -0.05) is 35.9 Å². The second-order valence-corrected chi connectivity index (χ2v) is 5.59. The highest BCUT2D eigenvalue weighted by molar-refractivity contribution is 6.30. The van der Waals surface area contributed by atoms with Crippen molar-refractivity contribution in [3.63, 3.8) is 0 Å². The Bertz CT molecular complexity index is 842. The largest absolute Gasteiger partial charge is 0.271 e. The molecule has 0 fully saturated rings. The number of hydrazone groups is 1. The number of hydrogen-bond acceptors (Lipinski definition) is 3. The highest BCUT2D eigenvalue weighted by atomic mass is 35.5. The van der Waals surface area contributed by atoms with Crippen LogP contribution in [0.1, 0.15) is 21.5 Å². The van der Waals surface area contributed by atoms with Crippen LogP contribution in [0.3, 0.4) is 0 Å². The molecular weight excluding hydrogens is 324 g/mol. The monoisotopic (exact) mass is 338 g/mol. The zero-order chi connectivity index (χ0) is 16.8. The Hall–Kier alpha value is -2.92. The van der Waals surface area contributed by atoms with Crippen LogP contribution >= 0.6 is 11.6 Å². The van der Waals surface area contributed by atoms with E-state index in [0.717, 1.165) is 11.1 Å². The minimum absolute atomic E-state index is 0.262. The quantitative estimate of drug-likeness (QED) is 0.573. The third-order valence-corrected chi connectivity index (χ3v) is 3.59. The molecule has 2 aromatic carbocycles. The molecule has 3 rings (SSSR count). The first-order valence-electron chi connectivity index (χ1n) is 7.36. The lowest BCUT2D eigenvalue weighted by atomic mass is 10.1. The molecule has 0 aliphatic heterocycles. The van der Waals surface area contributed by atoms with Gasteiger partial charge in [-0.15, -0.1) is 0 Å². The fourth-order valence-electron chi connectivity index (χ4n) is 2.17. The number of benzene rings is 2. The molecule has 0 saturated carbocycles. The van der Waals surface area contributed by atoms with Crippen molar-refractivity contribution in [2.75, 3.05) is 0 Å². The molecule has 0 atom stereocenters. The van der Waals surface area contributed by atoms with Gasteiger partial charge in [-0.25, -0.2) is 5.43 Å². The average molecular weight is 339 g/mol. The summed E-state index contributed by atoms with van der Waals surface area (Å²) in [6, 6.07) is 16.4. The third kappa shape index (κ3) is 4.30. The molecule has 1 aromatic heterocycles. The summed E-state index contributed by atoms with van der Waals surface area (Å²) in [5.74, 6) is -0.262. The van der Waals surface area contributed by atoms with Crippen molar-refractivity contribution in [1.29, 1.82) is 0 Å². The number of aromatic nitrogens is 2. The van der Waals surface area contributed by atoms with Crippen molar-refractivity contribution < 1.29 is 4.79 Å². The van der Waals surface area contributed by atoms with Gasteiger partial charge in [0.05, 0.1) is 12.8 Å². The Kier molecular flexibility index (Phi) is 5.03. The molecule has 24 heavy (non-hydrogen) atoms. The Morgan fingerprint density at radius 3 is 2.79 bits per heavy atom. The van der Waals surface area contributed by atoms with Crippen LogP contribution in [0.5, 0.6) is 0 Å². The Balaban J connectivity index is 1.63. The lowest BCUT2D eigenvalue weighted by Gasteiger charge is -2.05. The topological polar surface area (TPSA) is 59.3 Å². The van der Waals surface area contributed by atoms with Gasteiger partial charge in [0, 0.05) is 23.0 Å². The van der Waals surface area contributed by atoms with E-state index in [-0.39, 0.29) is 5.91 Å². The molecule has 0 radical (unpaired) electrons. The molecule has 0 aliphatic rings. The number of amides is 1. The molecule has 3 aromatic rings. The van der Waals surface area contributed by atoms with Crippen molar-refractivity contribution in [3.8, 4) is 0 Å². The summed E-state index contributed by atoms with van der Waals surface area (Å²) in [6.45, 7) is 0.613. The van der Waals surface area contributed by atoms with Crippen LogP contribution in [0.4, 0.5) is 0 Å². The van der Waals surface area contributed by atoms with E-state index in [2.05, 4.69) is 15.6 Å². The second kappa shape index (κ2) is 7.57. The van der Waals surface area contributed by atoms with Crippen LogP contribution in [-0.4, -0.2) is 21.9 Å². The van der Waals surface area contributed by atoms with E-state index >= 15 is 0 Å². The number of hydrogen-bond donors (Lipinski definition) is 1. The van der Waals surface area contributed by atoms with Crippen LogP contribution in [0.2, 0.25) is 5.02 Å². The number of carbonyl (C=O) groups is 1. The highest BCUT2D eigenvalue weighted by Crippen LogP contribution is 2.08. The maximum atomic E-state index is 12.2. The van der Waals surface area contributed by atoms with Crippen molar-refractivity contribution in [1.82, 2.24) is 15.2 Å². The smallest absolute Gasteiger partial charge is 0.268 e. The van der Waals surface area contributed by atoms with Gasteiger partial charge in [-0.3, -0.25) is 9.48 Å². The molecule has 1 heterocycles. The Labute approximate surface area is 144 Å². The summed E-state index contributed by atoms with van der Waals surface area (Å²) in [4.78, 5) is 12.2. The minimum Gasteiger partial charge on any atom is -0.268 e. The number of nitrogens with zero attached hydrogens (tertiary/aromatic N) is 3. The molecule has 0 aliphatic carbocycles. The first kappa shape index (κ1) is 16.0. The number of rotatable bonds is 5. The molecule has 0 saturated heterocycles. The van der Waals surface area contributed by atoms with Crippen molar-refractivity contribution >= 4 is 23.7 Å². The van der Waals surface area contributed by atoms with Gasteiger partial charge in [0.15, 0.2) is 0 Å². The maximum absolute atomic E-state index is 12.2. The Morgan fingerprint density at radius 1 is 1.21 bits per heavy atom. The maximum Gasteiger partial charge on any atom is 0.271 e. The van der Waals surface area contributed by atoms with Crippen molar-refractivity contribution in [2.45, 2.75) is 6.54 Å². The predicted octanol–water partition coefficient (Wildman–Crippen LogP) is 3.35. The van der Waals surface area contributed by atoms with Crippen LogP contribution < -0.4 is 5.43 Å². The zero-order valence-electron chi connectivity index (χ0n) is 12.8. The third-order valence-electron chi connectivity index (χ3n) is 3.34. The van der Waals surface area contributed by atoms with Crippen molar-refractivity contribution in [3.05, 3.63) is 88.7 Å². The van der Waals surface area contributed by atoms with Gasteiger partial charge >= 0.3 is 0 Å². The van der Waals surface area contributed by atoms with E-state index in [4.69, 9.17) is 11.6 Å². The minimum atomic E-state index is -0.262. The van der Waals surface area contributed by atoms with Gasteiger partial charge in [0.1, 0.15) is 0 Å². The summed E-state index contributed by atoms with van der Waals surface area (Å²) in [7, 11) is 0. The van der Waals surface area contributed by atoms with E-state index in [1.807, 2.05) is 42.6 Å². The summed E-state index contributed by atoms with van der Waals surface area (Å²) < 4.78 is 1.80. The lowest BCUT2D eigenvalue weighted by molar-refractivity contribution is 0.0955. The van der Waals surface area contributed by atoms with Gasteiger partial charge in [-0.2, -0.15) is 10.2 Å². The van der Waals surface area contributed by atoms with Crippen LogP contribution in [0.25, 0.3) is 0 Å². The normalized spacial score (nSPS) is 10.9. The fourth-order valence-corrected chi connectivity index (χ4v) is 2.30. The first-order chi connectivity index (χ1) is 11.7. The van der Waals surface area contributed by atoms with Crippen molar-refractivity contribution in [2.24, 2.45) is 5.10 Å². The molecule has 0 bridgehead atoms. The van der Waals surface area contributed by atoms with Gasteiger partial charge in [-0.05, 0) is 41.5 Å². The summed E-state index contributed by atoms with van der Waals surface area (Å²) in [5, 5.41) is 8.78. The zero-order valence-corrected chi connectivity index (χ0v) is 13.5. The molecule has 5 nitrogen and oxygen atoms in total. The first-order valence-corrected chi connectivity index (χ1v) is 7.74. The van der Waals surface area contributed by atoms with E-state index < -0.39 is 0 Å². The summed E-state index contributed by atoms with van der Waals surface area (Å²) >= 11 is 5.82. The number of nitrogens with one attached hydrogen (secondary N) is 1. The van der Waals surface area contributed by atoms with E-state index in [1.54, 1.807) is 35.3 Å². The Morgan fingerprint density at radius 2 is 2.04 bits per heavy atom. The van der Waals surface area contributed by atoms with E-state index in [0.29, 0.717) is 17.1 Å². The number of carbonyl (C=O) groups excluding carboxylic acids is 1. The fraction of sp³-hybridized carbons (Fsp3) is 0.0556. The highest BCUT2D eigenvalue weighted by Gasteiger charge is 2.05.